The first kappa shape index (κ1) is 22.1. The van der Waals surface area contributed by atoms with Crippen LogP contribution in [0.2, 0.25) is 0 Å². The first-order valence-corrected chi connectivity index (χ1v) is 7.08. The lowest BCUT2D eigenvalue weighted by Crippen LogP contribution is -2.64. The molecule has 2 heterocycles. The van der Waals surface area contributed by atoms with Gasteiger partial charge in [-0.05, 0) is 0 Å². The number of rotatable bonds is 4. The Bertz CT molecular complexity index is 384. The lowest BCUT2D eigenvalue weighted by molar-refractivity contribution is -0.355. The molecule has 2 fully saturated rings. The molecule has 144 valence electrons. The molecule has 0 spiro atoms. The molecular weight excluding hydrogens is 400 g/mol. The summed E-state index contributed by atoms with van der Waals surface area (Å²) in [6.45, 7) is -1.35. The van der Waals surface area contributed by atoms with Crippen molar-refractivity contribution in [2.45, 2.75) is 61.4 Å². The monoisotopic (exact) mass is 422 g/mol. The maximum atomic E-state index is 9.94. The minimum absolute atomic E-state index is 0. The predicted octanol–water partition coefficient (Wildman–Crippen LogP) is -4.82. The van der Waals surface area contributed by atoms with Crippen molar-refractivity contribution in [3.8, 4) is 0 Å². The van der Waals surface area contributed by atoms with Crippen LogP contribution in [0.5, 0.6) is 0 Å². The SMILES string of the molecule is Br.OC[C@H]1O[C@@H](O[C@H]2[C@H](O)[C@@H](O)C(O)O[C@@H]2CO)[C@H](O)[C@@H](O)[C@H]1O. The zero-order chi connectivity index (χ0) is 17.3. The summed E-state index contributed by atoms with van der Waals surface area (Å²) >= 11 is 0. The maximum absolute atomic E-state index is 9.94. The second-order valence-electron chi connectivity index (χ2n) is 5.53. The second kappa shape index (κ2) is 9.12. The average Bonchev–Trinajstić information content (AvgIpc) is 2.55. The molecule has 2 aliphatic rings. The Balaban J connectivity index is 0.00000288. The van der Waals surface area contributed by atoms with Crippen LogP contribution >= 0.6 is 17.0 Å². The number of ether oxygens (including phenoxy) is 3. The van der Waals surface area contributed by atoms with E-state index in [4.69, 9.17) is 19.3 Å². The third-order valence-corrected chi connectivity index (χ3v) is 3.98. The quantitative estimate of drug-likeness (QED) is 0.217. The van der Waals surface area contributed by atoms with Gasteiger partial charge in [0.25, 0.3) is 0 Å². The zero-order valence-electron chi connectivity index (χ0n) is 12.4. The molecule has 24 heavy (non-hydrogen) atoms. The Kier molecular flexibility index (Phi) is 8.39. The van der Waals surface area contributed by atoms with Gasteiger partial charge in [0.05, 0.1) is 13.2 Å². The molecule has 2 saturated heterocycles. The van der Waals surface area contributed by atoms with Gasteiger partial charge in [0.15, 0.2) is 12.6 Å². The molecule has 2 aliphatic heterocycles. The lowest BCUT2D eigenvalue weighted by atomic mass is 9.97. The van der Waals surface area contributed by atoms with Crippen LogP contribution in [0.25, 0.3) is 0 Å². The molecule has 11 nitrogen and oxygen atoms in total. The van der Waals surface area contributed by atoms with E-state index in [0.29, 0.717) is 0 Å². The fourth-order valence-electron chi connectivity index (χ4n) is 2.57. The van der Waals surface area contributed by atoms with E-state index in [1.165, 1.54) is 0 Å². The summed E-state index contributed by atoms with van der Waals surface area (Å²) < 4.78 is 15.3. The number of hydrogen-bond donors (Lipinski definition) is 8. The van der Waals surface area contributed by atoms with Crippen LogP contribution < -0.4 is 0 Å². The summed E-state index contributed by atoms with van der Waals surface area (Å²) in [6.07, 6.45) is -15.6. The van der Waals surface area contributed by atoms with Crippen LogP contribution in [0.3, 0.4) is 0 Å². The number of aliphatic hydroxyl groups excluding tert-OH is 8. The van der Waals surface area contributed by atoms with Crippen molar-refractivity contribution in [3.63, 3.8) is 0 Å². The largest absolute Gasteiger partial charge is 0.394 e. The number of halogens is 1. The highest BCUT2D eigenvalue weighted by molar-refractivity contribution is 8.93. The van der Waals surface area contributed by atoms with Crippen molar-refractivity contribution in [3.05, 3.63) is 0 Å². The number of aliphatic hydroxyl groups is 8. The van der Waals surface area contributed by atoms with Gasteiger partial charge in [-0.15, -0.1) is 17.0 Å². The van der Waals surface area contributed by atoms with Gasteiger partial charge < -0.3 is 55.1 Å². The van der Waals surface area contributed by atoms with Crippen molar-refractivity contribution in [2.24, 2.45) is 0 Å². The molecule has 0 aromatic carbocycles. The van der Waals surface area contributed by atoms with Crippen molar-refractivity contribution in [1.82, 2.24) is 0 Å². The van der Waals surface area contributed by atoms with Gasteiger partial charge in [-0.1, -0.05) is 0 Å². The molecule has 12 heteroatoms. The van der Waals surface area contributed by atoms with Crippen molar-refractivity contribution >= 4 is 17.0 Å². The lowest BCUT2D eigenvalue weighted by Gasteiger charge is -2.45. The fourth-order valence-corrected chi connectivity index (χ4v) is 2.57. The van der Waals surface area contributed by atoms with E-state index in [9.17, 15) is 35.7 Å². The zero-order valence-corrected chi connectivity index (χ0v) is 14.1. The normalized spacial score (nSPS) is 49.5. The van der Waals surface area contributed by atoms with Crippen LogP contribution in [-0.4, -0.2) is 115 Å². The second-order valence-corrected chi connectivity index (χ2v) is 5.53. The third-order valence-electron chi connectivity index (χ3n) is 3.98. The molecule has 0 aliphatic carbocycles. The van der Waals surface area contributed by atoms with Gasteiger partial charge in [0.2, 0.25) is 0 Å². The standard InChI is InChI=1S/C12H22O11.BrH/c13-1-3-5(15)6(16)9(19)12(22-3)23-10-4(2-14)21-11(20)8(18)7(10)17;/h3-20H,1-2H2;1H/t3-,4-,5+,6+,7-,8-,9-,10-,11?,12+;/m1./s1. The van der Waals surface area contributed by atoms with E-state index in [0.717, 1.165) is 0 Å². The number of hydrogen-bond acceptors (Lipinski definition) is 11. The molecule has 0 bridgehead atoms. The topological polar surface area (TPSA) is 190 Å². The molecule has 2 rings (SSSR count). The van der Waals surface area contributed by atoms with Crippen molar-refractivity contribution in [2.75, 3.05) is 13.2 Å². The first-order valence-electron chi connectivity index (χ1n) is 7.08. The molecule has 0 amide bonds. The van der Waals surface area contributed by atoms with Gasteiger partial charge in [-0.3, -0.25) is 0 Å². The molecule has 1 unspecified atom stereocenters. The fraction of sp³-hybridized carbons (Fsp3) is 1.00. The van der Waals surface area contributed by atoms with Crippen molar-refractivity contribution < 1.29 is 55.1 Å². The van der Waals surface area contributed by atoms with Crippen LogP contribution in [0.4, 0.5) is 0 Å². The minimum Gasteiger partial charge on any atom is -0.394 e. The van der Waals surface area contributed by atoms with Gasteiger partial charge in [0, 0.05) is 0 Å². The van der Waals surface area contributed by atoms with Crippen LogP contribution in [-0.2, 0) is 14.2 Å². The molecule has 10 atom stereocenters. The van der Waals surface area contributed by atoms with E-state index in [1.807, 2.05) is 0 Å². The Morgan fingerprint density at radius 1 is 0.667 bits per heavy atom. The molecule has 0 aromatic heterocycles. The summed E-state index contributed by atoms with van der Waals surface area (Å²) in [5, 5.41) is 76.5. The van der Waals surface area contributed by atoms with Crippen molar-refractivity contribution in [1.29, 1.82) is 0 Å². The van der Waals surface area contributed by atoms with E-state index in [2.05, 4.69) is 0 Å². The van der Waals surface area contributed by atoms with E-state index < -0.39 is 74.6 Å². The Hall–Kier alpha value is 0.0400. The van der Waals surface area contributed by atoms with Crippen LogP contribution in [0.15, 0.2) is 0 Å². The van der Waals surface area contributed by atoms with E-state index >= 15 is 0 Å². The van der Waals surface area contributed by atoms with Crippen LogP contribution in [0, 0.1) is 0 Å². The van der Waals surface area contributed by atoms with Gasteiger partial charge in [0.1, 0.15) is 48.8 Å². The Morgan fingerprint density at radius 3 is 1.79 bits per heavy atom. The summed E-state index contributed by atoms with van der Waals surface area (Å²) in [5.74, 6) is 0. The maximum Gasteiger partial charge on any atom is 0.187 e. The molecule has 0 radical (unpaired) electrons. The van der Waals surface area contributed by atoms with Crippen LogP contribution in [0.1, 0.15) is 0 Å². The summed E-state index contributed by atoms with van der Waals surface area (Å²) in [4.78, 5) is 0. The highest BCUT2D eigenvalue weighted by Gasteiger charge is 2.50. The Morgan fingerprint density at radius 2 is 1.25 bits per heavy atom. The summed E-state index contributed by atoms with van der Waals surface area (Å²) in [5.41, 5.74) is 0. The van der Waals surface area contributed by atoms with E-state index in [1.54, 1.807) is 0 Å². The minimum atomic E-state index is -1.74. The Labute approximate surface area is 147 Å². The molecule has 8 N–H and O–H groups in total. The highest BCUT2D eigenvalue weighted by atomic mass is 79.9. The molecule has 0 saturated carbocycles. The molecular formula is C12H23BrO11. The summed E-state index contributed by atoms with van der Waals surface area (Å²) in [7, 11) is 0. The van der Waals surface area contributed by atoms with Gasteiger partial charge >= 0.3 is 0 Å². The third kappa shape index (κ3) is 4.23. The summed E-state index contributed by atoms with van der Waals surface area (Å²) in [6, 6.07) is 0. The smallest absolute Gasteiger partial charge is 0.187 e. The highest BCUT2D eigenvalue weighted by Crippen LogP contribution is 2.28. The predicted molar refractivity (Wildman–Crippen MR) is 78.9 cm³/mol. The molecule has 0 aromatic rings. The van der Waals surface area contributed by atoms with Gasteiger partial charge in [-0.25, -0.2) is 0 Å². The van der Waals surface area contributed by atoms with Gasteiger partial charge in [-0.2, -0.15) is 0 Å². The first-order chi connectivity index (χ1) is 10.8. The van der Waals surface area contributed by atoms with E-state index in [-0.39, 0.29) is 17.0 Å². The average molecular weight is 423 g/mol.